The number of hydrogen-bond donors (Lipinski definition) is 0. The van der Waals surface area contributed by atoms with Crippen LogP contribution in [-0.2, 0) is 16.0 Å². The van der Waals surface area contributed by atoms with Crippen LogP contribution in [0.2, 0.25) is 0 Å². The molecule has 0 amide bonds. The molecule has 0 saturated heterocycles. The number of nitrogens with zero attached hydrogens (tertiary/aromatic N) is 1. The Morgan fingerprint density at radius 3 is 3.00 bits per heavy atom. The Bertz CT molecular complexity index is 298. The number of aryl methyl sites for hydroxylation is 1. The van der Waals surface area contributed by atoms with Gasteiger partial charge in [0.05, 0.1) is 6.61 Å². The Morgan fingerprint density at radius 1 is 1.44 bits per heavy atom. The summed E-state index contributed by atoms with van der Waals surface area (Å²) in [5.41, 5.74) is 1.24. The van der Waals surface area contributed by atoms with Crippen molar-refractivity contribution in [2.24, 2.45) is 0 Å². The first kappa shape index (κ1) is 12.7. The van der Waals surface area contributed by atoms with Gasteiger partial charge in [-0.1, -0.05) is 13.0 Å². The molecule has 0 unspecified atom stereocenters. The van der Waals surface area contributed by atoms with Crippen LogP contribution in [0.15, 0.2) is 24.5 Å². The summed E-state index contributed by atoms with van der Waals surface area (Å²) >= 11 is 0. The first-order valence-electron chi connectivity index (χ1n) is 5.87. The van der Waals surface area contributed by atoms with Crippen molar-refractivity contribution in [3.05, 3.63) is 30.1 Å². The van der Waals surface area contributed by atoms with E-state index in [0.29, 0.717) is 13.0 Å². The first-order chi connectivity index (χ1) is 7.83. The second kappa shape index (κ2) is 7.85. The maximum absolute atomic E-state index is 11.0. The van der Waals surface area contributed by atoms with E-state index in [0.717, 1.165) is 25.7 Å². The van der Waals surface area contributed by atoms with Crippen molar-refractivity contribution < 1.29 is 9.53 Å². The number of esters is 1. The highest BCUT2D eigenvalue weighted by Crippen LogP contribution is 2.03. The summed E-state index contributed by atoms with van der Waals surface area (Å²) in [6.45, 7) is 2.52. The number of carbonyl (C=O) groups excluding carboxylic acids is 1. The second-order valence-electron chi connectivity index (χ2n) is 3.79. The van der Waals surface area contributed by atoms with Gasteiger partial charge in [-0.2, -0.15) is 0 Å². The quantitative estimate of drug-likeness (QED) is 0.525. The van der Waals surface area contributed by atoms with Gasteiger partial charge in [-0.3, -0.25) is 9.78 Å². The van der Waals surface area contributed by atoms with Crippen LogP contribution in [0.1, 0.15) is 38.2 Å². The maximum Gasteiger partial charge on any atom is 0.305 e. The molecule has 16 heavy (non-hydrogen) atoms. The molecule has 0 saturated carbocycles. The predicted molar refractivity (Wildman–Crippen MR) is 63.0 cm³/mol. The summed E-state index contributed by atoms with van der Waals surface area (Å²) in [6, 6.07) is 4.01. The fraction of sp³-hybridized carbons (Fsp3) is 0.538. The van der Waals surface area contributed by atoms with Gasteiger partial charge >= 0.3 is 5.97 Å². The predicted octanol–water partition coefficient (Wildman–Crippen LogP) is 2.75. The molecule has 0 atom stereocenters. The third kappa shape index (κ3) is 5.49. The van der Waals surface area contributed by atoms with Crippen LogP contribution in [0.5, 0.6) is 0 Å². The average molecular weight is 221 g/mol. The Kier molecular flexibility index (Phi) is 6.23. The Balaban J connectivity index is 2.02. The summed E-state index contributed by atoms with van der Waals surface area (Å²) in [5, 5.41) is 0. The third-order valence-corrected chi connectivity index (χ3v) is 2.30. The number of rotatable bonds is 7. The molecule has 0 aliphatic carbocycles. The Hall–Kier alpha value is -1.38. The van der Waals surface area contributed by atoms with Crippen molar-refractivity contribution in [2.75, 3.05) is 6.61 Å². The summed E-state index contributed by atoms with van der Waals surface area (Å²) in [6.07, 6.45) is 7.99. The number of aromatic nitrogens is 1. The number of unbranched alkanes of at least 4 members (excludes halogenated alkanes) is 1. The van der Waals surface area contributed by atoms with Gasteiger partial charge in [0.15, 0.2) is 0 Å². The van der Waals surface area contributed by atoms with Crippen molar-refractivity contribution in [1.29, 1.82) is 0 Å². The molecule has 1 aromatic rings. The van der Waals surface area contributed by atoms with Crippen molar-refractivity contribution in [3.8, 4) is 0 Å². The van der Waals surface area contributed by atoms with E-state index < -0.39 is 0 Å². The SMILES string of the molecule is CCCC(=O)OCCCCc1cccnc1. The van der Waals surface area contributed by atoms with Gasteiger partial charge < -0.3 is 4.74 Å². The highest BCUT2D eigenvalue weighted by atomic mass is 16.5. The van der Waals surface area contributed by atoms with Gasteiger partial charge in [0, 0.05) is 18.8 Å². The molecule has 0 aromatic carbocycles. The molecule has 0 aliphatic heterocycles. The average Bonchev–Trinajstić information content (AvgIpc) is 2.30. The molecule has 0 fully saturated rings. The second-order valence-corrected chi connectivity index (χ2v) is 3.79. The van der Waals surface area contributed by atoms with E-state index in [1.54, 1.807) is 6.20 Å². The topological polar surface area (TPSA) is 39.2 Å². The zero-order valence-corrected chi connectivity index (χ0v) is 9.82. The Morgan fingerprint density at radius 2 is 2.31 bits per heavy atom. The van der Waals surface area contributed by atoms with Crippen LogP contribution in [0.25, 0.3) is 0 Å². The minimum absolute atomic E-state index is 0.0797. The maximum atomic E-state index is 11.0. The molecule has 3 nitrogen and oxygen atoms in total. The van der Waals surface area contributed by atoms with Crippen molar-refractivity contribution in [3.63, 3.8) is 0 Å². The van der Waals surface area contributed by atoms with Crippen molar-refractivity contribution in [2.45, 2.75) is 39.0 Å². The molecule has 0 bridgehead atoms. The zero-order chi connectivity index (χ0) is 11.6. The molecular formula is C13H19NO2. The van der Waals surface area contributed by atoms with E-state index >= 15 is 0 Å². The van der Waals surface area contributed by atoms with Gasteiger partial charge in [0.2, 0.25) is 0 Å². The van der Waals surface area contributed by atoms with Crippen LogP contribution < -0.4 is 0 Å². The van der Waals surface area contributed by atoms with E-state index in [-0.39, 0.29) is 5.97 Å². The van der Waals surface area contributed by atoms with Crippen molar-refractivity contribution in [1.82, 2.24) is 4.98 Å². The lowest BCUT2D eigenvalue weighted by atomic mass is 10.1. The lowest BCUT2D eigenvalue weighted by Gasteiger charge is -2.03. The summed E-state index contributed by atoms with van der Waals surface area (Å²) < 4.78 is 5.07. The minimum atomic E-state index is -0.0797. The summed E-state index contributed by atoms with van der Waals surface area (Å²) in [7, 11) is 0. The monoisotopic (exact) mass is 221 g/mol. The molecule has 0 spiro atoms. The molecule has 1 aromatic heterocycles. The molecular weight excluding hydrogens is 202 g/mol. The zero-order valence-electron chi connectivity index (χ0n) is 9.82. The molecule has 1 heterocycles. The fourth-order valence-electron chi connectivity index (χ4n) is 1.44. The smallest absolute Gasteiger partial charge is 0.305 e. The van der Waals surface area contributed by atoms with Crippen LogP contribution >= 0.6 is 0 Å². The highest BCUT2D eigenvalue weighted by molar-refractivity contribution is 5.69. The fourth-order valence-corrected chi connectivity index (χ4v) is 1.44. The standard InChI is InChI=1S/C13H19NO2/c1-2-6-13(15)16-10-4-3-7-12-8-5-9-14-11-12/h5,8-9,11H,2-4,6-7,10H2,1H3. The summed E-state index contributed by atoms with van der Waals surface area (Å²) in [5.74, 6) is -0.0797. The van der Waals surface area contributed by atoms with E-state index in [9.17, 15) is 4.79 Å². The van der Waals surface area contributed by atoms with Gasteiger partial charge in [-0.15, -0.1) is 0 Å². The molecule has 88 valence electrons. The van der Waals surface area contributed by atoms with E-state index in [1.165, 1.54) is 5.56 Å². The van der Waals surface area contributed by atoms with Gasteiger partial charge in [0.1, 0.15) is 0 Å². The lowest BCUT2D eigenvalue weighted by molar-refractivity contribution is -0.143. The van der Waals surface area contributed by atoms with Gasteiger partial charge in [0.25, 0.3) is 0 Å². The molecule has 0 radical (unpaired) electrons. The largest absolute Gasteiger partial charge is 0.466 e. The van der Waals surface area contributed by atoms with Crippen LogP contribution in [-0.4, -0.2) is 17.6 Å². The van der Waals surface area contributed by atoms with Gasteiger partial charge in [-0.05, 0) is 37.3 Å². The van der Waals surface area contributed by atoms with Crippen molar-refractivity contribution >= 4 is 5.97 Å². The van der Waals surface area contributed by atoms with Crippen LogP contribution in [0.3, 0.4) is 0 Å². The first-order valence-corrected chi connectivity index (χ1v) is 5.87. The molecule has 0 N–H and O–H groups in total. The van der Waals surface area contributed by atoms with E-state index in [4.69, 9.17) is 4.74 Å². The van der Waals surface area contributed by atoms with Crippen LogP contribution in [0, 0.1) is 0 Å². The lowest BCUT2D eigenvalue weighted by Crippen LogP contribution is -2.05. The number of hydrogen-bond acceptors (Lipinski definition) is 3. The number of pyridine rings is 1. The molecule has 3 heteroatoms. The third-order valence-electron chi connectivity index (χ3n) is 2.30. The highest BCUT2D eigenvalue weighted by Gasteiger charge is 1.99. The number of ether oxygens (including phenoxy) is 1. The molecule has 1 rings (SSSR count). The minimum Gasteiger partial charge on any atom is -0.466 e. The summed E-state index contributed by atoms with van der Waals surface area (Å²) in [4.78, 5) is 15.1. The number of carbonyl (C=O) groups is 1. The normalized spacial score (nSPS) is 10.1. The molecule has 0 aliphatic rings. The van der Waals surface area contributed by atoms with Crippen LogP contribution in [0.4, 0.5) is 0 Å². The van der Waals surface area contributed by atoms with E-state index in [1.807, 2.05) is 19.2 Å². The van der Waals surface area contributed by atoms with E-state index in [2.05, 4.69) is 11.1 Å². The van der Waals surface area contributed by atoms with Gasteiger partial charge in [-0.25, -0.2) is 0 Å². The Labute approximate surface area is 96.8 Å².